The number of carbonyl (C=O) groups excluding carboxylic acids is 1. The first-order valence-corrected chi connectivity index (χ1v) is 10.6. The topological polar surface area (TPSA) is 61.2 Å². The molecule has 0 amide bonds. The largest absolute Gasteiger partial charge is 0.461 e. The zero-order valence-electron chi connectivity index (χ0n) is 15.5. The van der Waals surface area contributed by atoms with Gasteiger partial charge in [-0.2, -0.15) is 0 Å². The van der Waals surface area contributed by atoms with Gasteiger partial charge in [-0.1, -0.05) is 6.42 Å². The predicted octanol–water partition coefficient (Wildman–Crippen LogP) is 4.08. The Morgan fingerprint density at radius 1 is 1.19 bits per heavy atom. The van der Waals surface area contributed by atoms with Crippen LogP contribution in [0.4, 0.5) is 0 Å². The Labute approximate surface area is 157 Å². The number of fused-ring (bicyclic) bond motifs is 3. The highest BCUT2D eigenvalue weighted by atomic mass is 32.1. The fourth-order valence-electron chi connectivity index (χ4n) is 4.33. The van der Waals surface area contributed by atoms with Gasteiger partial charge in [0.2, 0.25) is 0 Å². The number of nitrogens with zero attached hydrogens (tertiary/aromatic N) is 2. The van der Waals surface area contributed by atoms with Gasteiger partial charge in [0, 0.05) is 4.88 Å². The number of aromatic nitrogens is 2. The van der Waals surface area contributed by atoms with Crippen LogP contribution >= 0.6 is 11.3 Å². The average Bonchev–Trinajstić information content (AvgIpc) is 3.00. The average molecular weight is 375 g/mol. The van der Waals surface area contributed by atoms with E-state index in [2.05, 4.69) is 4.98 Å². The SMILES string of the molecule is Cc1nc2sc3c(c2c(=O)n1C(C)C(=O)OC1CCCCC1)CCCC3. The Kier molecular flexibility index (Phi) is 4.86. The van der Waals surface area contributed by atoms with Crippen molar-refractivity contribution in [2.24, 2.45) is 0 Å². The van der Waals surface area contributed by atoms with Gasteiger partial charge in [-0.3, -0.25) is 9.36 Å². The molecule has 0 spiro atoms. The van der Waals surface area contributed by atoms with Gasteiger partial charge in [0.05, 0.1) is 5.39 Å². The first kappa shape index (κ1) is 17.7. The van der Waals surface area contributed by atoms with E-state index in [1.165, 1.54) is 22.3 Å². The molecule has 2 aromatic rings. The molecule has 2 heterocycles. The summed E-state index contributed by atoms with van der Waals surface area (Å²) in [6.45, 7) is 3.57. The number of ether oxygens (including phenoxy) is 1. The molecular weight excluding hydrogens is 348 g/mol. The molecule has 6 heteroatoms. The van der Waals surface area contributed by atoms with Crippen LogP contribution in [0.1, 0.15) is 74.2 Å². The minimum Gasteiger partial charge on any atom is -0.461 e. The van der Waals surface area contributed by atoms with E-state index in [9.17, 15) is 9.59 Å². The highest BCUT2D eigenvalue weighted by Crippen LogP contribution is 2.34. The second-order valence-electron chi connectivity index (χ2n) is 7.60. The first-order chi connectivity index (χ1) is 12.6. The van der Waals surface area contributed by atoms with Crippen molar-refractivity contribution in [3.05, 3.63) is 26.6 Å². The van der Waals surface area contributed by atoms with E-state index in [0.717, 1.165) is 60.7 Å². The van der Waals surface area contributed by atoms with Crippen LogP contribution < -0.4 is 5.56 Å². The highest BCUT2D eigenvalue weighted by Gasteiger charge is 2.27. The Hall–Kier alpha value is -1.69. The first-order valence-electron chi connectivity index (χ1n) is 9.80. The molecule has 1 unspecified atom stereocenters. The fraction of sp³-hybridized carbons (Fsp3) is 0.650. The number of esters is 1. The van der Waals surface area contributed by atoms with Gasteiger partial charge in [-0.15, -0.1) is 11.3 Å². The number of rotatable bonds is 3. The second-order valence-corrected chi connectivity index (χ2v) is 8.68. The van der Waals surface area contributed by atoms with Gasteiger partial charge < -0.3 is 4.74 Å². The third-order valence-electron chi connectivity index (χ3n) is 5.76. The number of hydrogen-bond acceptors (Lipinski definition) is 5. The number of thiophene rings is 1. The van der Waals surface area contributed by atoms with Gasteiger partial charge in [0.1, 0.15) is 22.8 Å². The summed E-state index contributed by atoms with van der Waals surface area (Å²) in [7, 11) is 0. The van der Waals surface area contributed by atoms with E-state index in [1.54, 1.807) is 18.3 Å². The Morgan fingerprint density at radius 2 is 1.92 bits per heavy atom. The molecule has 2 aromatic heterocycles. The van der Waals surface area contributed by atoms with E-state index < -0.39 is 6.04 Å². The van der Waals surface area contributed by atoms with Crippen molar-refractivity contribution in [2.75, 3.05) is 0 Å². The zero-order chi connectivity index (χ0) is 18.3. The summed E-state index contributed by atoms with van der Waals surface area (Å²) < 4.78 is 7.24. The molecule has 0 aromatic carbocycles. The number of hydrogen-bond donors (Lipinski definition) is 0. The summed E-state index contributed by atoms with van der Waals surface area (Å²) >= 11 is 1.64. The maximum atomic E-state index is 13.2. The summed E-state index contributed by atoms with van der Waals surface area (Å²) in [4.78, 5) is 32.7. The zero-order valence-corrected chi connectivity index (χ0v) is 16.4. The quantitative estimate of drug-likeness (QED) is 0.760. The molecule has 0 N–H and O–H groups in total. The standard InChI is InChI=1S/C20H26N2O3S/c1-12(20(24)25-14-8-4-3-5-9-14)22-13(2)21-18-17(19(22)23)15-10-6-7-11-16(15)26-18/h12,14H,3-11H2,1-2H3. The van der Waals surface area contributed by atoms with Gasteiger partial charge in [-0.05, 0) is 70.8 Å². The molecule has 26 heavy (non-hydrogen) atoms. The molecule has 0 saturated heterocycles. The summed E-state index contributed by atoms with van der Waals surface area (Å²) in [5.74, 6) is 0.279. The van der Waals surface area contributed by atoms with Crippen LogP contribution in [0.3, 0.4) is 0 Å². The minimum absolute atomic E-state index is 0.000283. The van der Waals surface area contributed by atoms with Gasteiger partial charge >= 0.3 is 5.97 Å². The van der Waals surface area contributed by atoms with Gasteiger partial charge in [0.25, 0.3) is 5.56 Å². The lowest BCUT2D eigenvalue weighted by Gasteiger charge is -2.24. The number of carbonyl (C=O) groups is 1. The fourth-order valence-corrected chi connectivity index (χ4v) is 5.62. The van der Waals surface area contributed by atoms with Crippen molar-refractivity contribution >= 4 is 27.5 Å². The molecular formula is C20H26N2O3S. The van der Waals surface area contributed by atoms with E-state index in [0.29, 0.717) is 5.82 Å². The Bertz CT molecular complexity index is 893. The van der Waals surface area contributed by atoms with Gasteiger partial charge in [-0.25, -0.2) is 9.78 Å². The van der Waals surface area contributed by atoms with Crippen molar-refractivity contribution < 1.29 is 9.53 Å². The predicted molar refractivity (Wildman–Crippen MR) is 103 cm³/mol. The molecule has 5 nitrogen and oxygen atoms in total. The summed E-state index contributed by atoms with van der Waals surface area (Å²) in [6.07, 6.45) is 9.57. The molecule has 1 saturated carbocycles. The van der Waals surface area contributed by atoms with E-state index in [-0.39, 0.29) is 17.6 Å². The third kappa shape index (κ3) is 3.08. The van der Waals surface area contributed by atoms with E-state index >= 15 is 0 Å². The third-order valence-corrected chi connectivity index (χ3v) is 6.95. The summed E-state index contributed by atoms with van der Waals surface area (Å²) in [5.41, 5.74) is 1.08. The lowest BCUT2D eigenvalue weighted by molar-refractivity contribution is -0.154. The Morgan fingerprint density at radius 3 is 2.69 bits per heavy atom. The maximum Gasteiger partial charge on any atom is 0.329 e. The molecule has 0 radical (unpaired) electrons. The molecule has 140 valence electrons. The second kappa shape index (κ2) is 7.14. The monoisotopic (exact) mass is 374 g/mol. The molecule has 1 atom stereocenters. The summed E-state index contributed by atoms with van der Waals surface area (Å²) in [6, 6.07) is -0.638. The van der Waals surface area contributed by atoms with E-state index in [4.69, 9.17) is 4.74 Å². The van der Waals surface area contributed by atoms with Crippen LogP contribution in [0.15, 0.2) is 4.79 Å². The van der Waals surface area contributed by atoms with Crippen LogP contribution in [0, 0.1) is 6.92 Å². The smallest absolute Gasteiger partial charge is 0.329 e. The van der Waals surface area contributed by atoms with Crippen LogP contribution in [-0.2, 0) is 22.4 Å². The normalized spacial score (nSPS) is 19.3. The number of aryl methyl sites for hydroxylation is 3. The molecule has 1 fully saturated rings. The lowest BCUT2D eigenvalue weighted by Crippen LogP contribution is -2.34. The van der Waals surface area contributed by atoms with E-state index in [1.807, 2.05) is 6.92 Å². The highest BCUT2D eigenvalue weighted by molar-refractivity contribution is 7.18. The van der Waals surface area contributed by atoms with Crippen molar-refractivity contribution in [3.63, 3.8) is 0 Å². The van der Waals surface area contributed by atoms with Crippen LogP contribution in [0.5, 0.6) is 0 Å². The van der Waals surface area contributed by atoms with Crippen molar-refractivity contribution in [1.29, 1.82) is 0 Å². The molecule has 2 aliphatic carbocycles. The van der Waals surface area contributed by atoms with Crippen LogP contribution in [0.2, 0.25) is 0 Å². The Balaban J connectivity index is 1.68. The molecule has 4 rings (SSSR count). The molecule has 0 bridgehead atoms. The lowest BCUT2D eigenvalue weighted by atomic mass is 9.97. The van der Waals surface area contributed by atoms with Gasteiger partial charge in [0.15, 0.2) is 0 Å². The molecule has 2 aliphatic rings. The van der Waals surface area contributed by atoms with Crippen LogP contribution in [-0.4, -0.2) is 21.6 Å². The minimum atomic E-state index is -0.638. The van der Waals surface area contributed by atoms with Crippen molar-refractivity contribution in [2.45, 2.75) is 83.8 Å². The van der Waals surface area contributed by atoms with Crippen molar-refractivity contribution in [3.8, 4) is 0 Å². The maximum absolute atomic E-state index is 13.2. The molecule has 0 aliphatic heterocycles. The van der Waals surface area contributed by atoms with Crippen LogP contribution in [0.25, 0.3) is 10.2 Å². The summed E-state index contributed by atoms with van der Waals surface area (Å²) in [5, 5.41) is 0.729. The van der Waals surface area contributed by atoms with Crippen molar-refractivity contribution in [1.82, 2.24) is 9.55 Å².